The Kier molecular flexibility index (Phi) is 5.38. The number of carbonyl (C=O) groups is 1. The lowest BCUT2D eigenvalue weighted by atomic mass is 10.1. The number of halogens is 5. The predicted octanol–water partition coefficient (Wildman–Crippen LogP) is 5.06. The van der Waals surface area contributed by atoms with Crippen LogP contribution >= 0.6 is 23.2 Å². The highest BCUT2D eigenvalue weighted by atomic mass is 35.5. The minimum Gasteiger partial charge on any atom is -0.376 e. The van der Waals surface area contributed by atoms with Gasteiger partial charge in [0.25, 0.3) is 0 Å². The highest BCUT2D eigenvalue weighted by Gasteiger charge is 2.33. The zero-order valence-electron chi connectivity index (χ0n) is 11.5. The minimum atomic E-state index is -4.50. The van der Waals surface area contributed by atoms with E-state index in [4.69, 9.17) is 23.2 Å². The van der Waals surface area contributed by atoms with E-state index in [-0.39, 0.29) is 12.2 Å². The van der Waals surface area contributed by atoms with E-state index in [0.29, 0.717) is 15.7 Å². The molecule has 0 aliphatic carbocycles. The molecule has 0 spiro atoms. The maximum Gasteiger partial charge on any atom is 0.418 e. The van der Waals surface area contributed by atoms with Crippen LogP contribution in [0.25, 0.3) is 0 Å². The van der Waals surface area contributed by atoms with Crippen molar-refractivity contribution in [1.82, 2.24) is 0 Å². The van der Waals surface area contributed by atoms with Crippen LogP contribution in [0.3, 0.4) is 0 Å². The predicted molar refractivity (Wildman–Crippen MR) is 85.0 cm³/mol. The summed E-state index contributed by atoms with van der Waals surface area (Å²) >= 11 is 11.6. The minimum absolute atomic E-state index is 0.167. The fourth-order valence-electron chi connectivity index (χ4n) is 1.89. The molecule has 8 heteroatoms. The van der Waals surface area contributed by atoms with Crippen LogP contribution in [0.1, 0.15) is 5.56 Å². The largest absolute Gasteiger partial charge is 0.418 e. The molecule has 2 rings (SSSR count). The molecule has 122 valence electrons. The van der Waals surface area contributed by atoms with Gasteiger partial charge in [0.1, 0.15) is 0 Å². The fourth-order valence-corrected chi connectivity index (χ4v) is 2.42. The Balaban J connectivity index is 2.03. The number of nitrogens with one attached hydrogen (secondary N) is 2. The van der Waals surface area contributed by atoms with Crippen molar-refractivity contribution in [2.75, 3.05) is 17.2 Å². The number of amides is 1. The maximum absolute atomic E-state index is 12.8. The summed E-state index contributed by atoms with van der Waals surface area (Å²) in [7, 11) is 0. The van der Waals surface area contributed by atoms with E-state index >= 15 is 0 Å². The standard InChI is InChI=1S/C15H11Cl2F3N2O/c16-9-5-10(17)7-11(6-9)22-14(23)8-21-13-4-2-1-3-12(13)15(18,19)20/h1-7,21H,8H2,(H,22,23). The average molecular weight is 363 g/mol. The quantitative estimate of drug-likeness (QED) is 0.797. The third kappa shape index (κ3) is 5.04. The third-order valence-electron chi connectivity index (χ3n) is 2.82. The molecule has 0 unspecified atom stereocenters. The van der Waals surface area contributed by atoms with Crippen LogP contribution in [-0.4, -0.2) is 12.5 Å². The number of hydrogen-bond acceptors (Lipinski definition) is 2. The monoisotopic (exact) mass is 362 g/mol. The van der Waals surface area contributed by atoms with Crippen molar-refractivity contribution in [2.45, 2.75) is 6.18 Å². The number of hydrogen-bond donors (Lipinski definition) is 2. The summed E-state index contributed by atoms with van der Waals surface area (Å²) < 4.78 is 38.5. The van der Waals surface area contributed by atoms with Gasteiger partial charge in [0, 0.05) is 21.4 Å². The number of anilines is 2. The van der Waals surface area contributed by atoms with Crippen LogP contribution < -0.4 is 10.6 Å². The molecule has 0 saturated heterocycles. The Morgan fingerprint density at radius 2 is 1.65 bits per heavy atom. The first-order valence-electron chi connectivity index (χ1n) is 6.42. The molecule has 0 aromatic heterocycles. The molecule has 1 amide bonds. The molecule has 0 radical (unpaired) electrons. The Hall–Kier alpha value is -1.92. The Labute approximate surface area is 140 Å². The van der Waals surface area contributed by atoms with Crippen molar-refractivity contribution in [2.24, 2.45) is 0 Å². The van der Waals surface area contributed by atoms with E-state index in [1.165, 1.54) is 36.4 Å². The van der Waals surface area contributed by atoms with Gasteiger partial charge in [-0.3, -0.25) is 4.79 Å². The molecule has 0 saturated carbocycles. The summed E-state index contributed by atoms with van der Waals surface area (Å²) in [5, 5.41) is 5.64. The second-order valence-electron chi connectivity index (χ2n) is 4.60. The number of carbonyl (C=O) groups excluding carboxylic acids is 1. The normalized spacial score (nSPS) is 11.2. The molecule has 2 aromatic carbocycles. The lowest BCUT2D eigenvalue weighted by Gasteiger charge is -2.14. The second kappa shape index (κ2) is 7.10. The number of para-hydroxylation sites is 1. The van der Waals surface area contributed by atoms with Crippen LogP contribution in [0.4, 0.5) is 24.5 Å². The van der Waals surface area contributed by atoms with Crippen molar-refractivity contribution in [3.8, 4) is 0 Å². The van der Waals surface area contributed by atoms with Gasteiger partial charge in [-0.1, -0.05) is 35.3 Å². The summed E-state index contributed by atoms with van der Waals surface area (Å²) in [5.74, 6) is -0.527. The van der Waals surface area contributed by atoms with E-state index in [2.05, 4.69) is 10.6 Å². The van der Waals surface area contributed by atoms with Gasteiger partial charge >= 0.3 is 6.18 Å². The number of alkyl halides is 3. The Bertz CT molecular complexity index is 700. The van der Waals surface area contributed by atoms with Crippen LogP contribution in [0, 0.1) is 0 Å². The summed E-state index contributed by atoms with van der Waals surface area (Å²) in [6, 6.07) is 9.39. The summed E-state index contributed by atoms with van der Waals surface area (Å²) in [6.45, 7) is -0.336. The van der Waals surface area contributed by atoms with Crippen molar-refractivity contribution >= 4 is 40.5 Å². The number of rotatable bonds is 4. The fraction of sp³-hybridized carbons (Fsp3) is 0.133. The first kappa shape index (κ1) is 17.4. The summed E-state index contributed by atoms with van der Waals surface area (Å²) in [6.07, 6.45) is -4.50. The van der Waals surface area contributed by atoms with Crippen LogP contribution in [-0.2, 0) is 11.0 Å². The lowest BCUT2D eigenvalue weighted by Crippen LogP contribution is -2.23. The molecule has 0 heterocycles. The average Bonchev–Trinajstić information content (AvgIpc) is 2.43. The van der Waals surface area contributed by atoms with E-state index in [1.807, 2.05) is 0 Å². The van der Waals surface area contributed by atoms with Crippen molar-refractivity contribution in [3.63, 3.8) is 0 Å². The van der Waals surface area contributed by atoms with Gasteiger partial charge in [-0.25, -0.2) is 0 Å². The van der Waals surface area contributed by atoms with Gasteiger partial charge in [-0.2, -0.15) is 13.2 Å². The van der Waals surface area contributed by atoms with E-state index in [9.17, 15) is 18.0 Å². The Morgan fingerprint density at radius 3 is 2.26 bits per heavy atom. The number of benzene rings is 2. The highest BCUT2D eigenvalue weighted by molar-refractivity contribution is 6.35. The molecule has 2 N–H and O–H groups in total. The van der Waals surface area contributed by atoms with E-state index < -0.39 is 17.6 Å². The summed E-state index contributed by atoms with van der Waals surface area (Å²) in [4.78, 5) is 11.8. The van der Waals surface area contributed by atoms with Crippen LogP contribution in [0.2, 0.25) is 10.0 Å². The zero-order valence-corrected chi connectivity index (χ0v) is 13.1. The van der Waals surface area contributed by atoms with Crippen LogP contribution in [0.15, 0.2) is 42.5 Å². The smallest absolute Gasteiger partial charge is 0.376 e. The molecule has 0 aliphatic heterocycles. The van der Waals surface area contributed by atoms with Crippen molar-refractivity contribution < 1.29 is 18.0 Å². The van der Waals surface area contributed by atoms with E-state index in [0.717, 1.165) is 6.07 Å². The van der Waals surface area contributed by atoms with Crippen molar-refractivity contribution in [1.29, 1.82) is 0 Å². The molecule has 0 aliphatic rings. The van der Waals surface area contributed by atoms with Gasteiger partial charge in [0.15, 0.2) is 0 Å². The molecule has 0 fully saturated rings. The van der Waals surface area contributed by atoms with Gasteiger partial charge in [0.05, 0.1) is 12.1 Å². The maximum atomic E-state index is 12.8. The first-order chi connectivity index (χ1) is 10.8. The van der Waals surface area contributed by atoms with E-state index in [1.54, 1.807) is 0 Å². The first-order valence-corrected chi connectivity index (χ1v) is 7.17. The van der Waals surface area contributed by atoms with Crippen molar-refractivity contribution in [3.05, 3.63) is 58.1 Å². The van der Waals surface area contributed by atoms with Crippen LogP contribution in [0.5, 0.6) is 0 Å². The SMILES string of the molecule is O=C(CNc1ccccc1C(F)(F)F)Nc1cc(Cl)cc(Cl)c1. The van der Waals surface area contributed by atoms with Gasteiger partial charge in [-0.05, 0) is 30.3 Å². The van der Waals surface area contributed by atoms with Gasteiger partial charge < -0.3 is 10.6 Å². The molecule has 0 atom stereocenters. The summed E-state index contributed by atoms with van der Waals surface area (Å²) in [5.41, 5.74) is -0.642. The molecule has 2 aromatic rings. The van der Waals surface area contributed by atoms with Gasteiger partial charge in [-0.15, -0.1) is 0 Å². The highest BCUT2D eigenvalue weighted by Crippen LogP contribution is 2.34. The lowest BCUT2D eigenvalue weighted by molar-refractivity contribution is -0.137. The van der Waals surface area contributed by atoms with Gasteiger partial charge in [0.2, 0.25) is 5.91 Å². The molecule has 0 bridgehead atoms. The molecular formula is C15H11Cl2F3N2O. The zero-order chi connectivity index (χ0) is 17.0. The Morgan fingerprint density at radius 1 is 1.04 bits per heavy atom. The topological polar surface area (TPSA) is 41.1 Å². The second-order valence-corrected chi connectivity index (χ2v) is 5.48. The molecular weight excluding hydrogens is 352 g/mol. The molecule has 3 nitrogen and oxygen atoms in total. The third-order valence-corrected chi connectivity index (χ3v) is 3.25. The molecule has 23 heavy (non-hydrogen) atoms.